The van der Waals surface area contributed by atoms with Crippen LogP contribution in [-0.4, -0.2) is 0 Å². The Kier molecular flexibility index (Phi) is 3.55. The molecule has 0 aliphatic heterocycles. The Labute approximate surface area is 101 Å². The topological polar surface area (TPSA) is 26.0 Å². The number of benzene rings is 1. The van der Waals surface area contributed by atoms with Crippen LogP contribution >= 0.6 is 23.2 Å². The molecule has 0 spiro atoms. The van der Waals surface area contributed by atoms with Gasteiger partial charge in [-0.1, -0.05) is 42.1 Å². The van der Waals surface area contributed by atoms with Gasteiger partial charge in [0.25, 0.3) is 0 Å². The molecule has 82 valence electrons. The van der Waals surface area contributed by atoms with Crippen molar-refractivity contribution in [3.05, 3.63) is 33.8 Å². The van der Waals surface area contributed by atoms with Crippen LogP contribution < -0.4 is 5.73 Å². The zero-order chi connectivity index (χ0) is 10.8. The van der Waals surface area contributed by atoms with E-state index in [1.54, 1.807) is 6.07 Å². The fraction of sp³-hybridized carbons (Fsp3) is 0.500. The largest absolute Gasteiger partial charge is 0.324 e. The Morgan fingerprint density at radius 2 is 1.87 bits per heavy atom. The molecule has 1 aliphatic rings. The molecule has 2 rings (SSSR count). The number of rotatable bonds is 2. The molecule has 1 nitrogen and oxygen atoms in total. The maximum atomic E-state index is 6.22. The first-order valence-corrected chi connectivity index (χ1v) is 6.14. The first kappa shape index (κ1) is 11.3. The van der Waals surface area contributed by atoms with Crippen molar-refractivity contribution in [2.24, 2.45) is 11.7 Å². The summed E-state index contributed by atoms with van der Waals surface area (Å²) in [7, 11) is 0. The summed E-state index contributed by atoms with van der Waals surface area (Å²) < 4.78 is 0. The van der Waals surface area contributed by atoms with E-state index in [-0.39, 0.29) is 6.04 Å². The van der Waals surface area contributed by atoms with E-state index in [2.05, 4.69) is 0 Å². The molecule has 1 aliphatic carbocycles. The van der Waals surface area contributed by atoms with Gasteiger partial charge in [0, 0.05) is 16.1 Å². The van der Waals surface area contributed by atoms with Crippen molar-refractivity contribution in [3.8, 4) is 0 Å². The smallest absolute Gasteiger partial charge is 0.0468 e. The van der Waals surface area contributed by atoms with E-state index in [1.165, 1.54) is 25.7 Å². The molecule has 1 saturated carbocycles. The van der Waals surface area contributed by atoms with Crippen LogP contribution in [0.3, 0.4) is 0 Å². The molecular weight excluding hydrogens is 229 g/mol. The lowest BCUT2D eigenvalue weighted by Crippen LogP contribution is -2.19. The molecule has 0 aromatic heterocycles. The van der Waals surface area contributed by atoms with E-state index in [1.807, 2.05) is 12.1 Å². The minimum absolute atomic E-state index is 0.0669. The van der Waals surface area contributed by atoms with Gasteiger partial charge in [-0.25, -0.2) is 0 Å². The van der Waals surface area contributed by atoms with Gasteiger partial charge in [-0.3, -0.25) is 0 Å². The monoisotopic (exact) mass is 243 g/mol. The highest BCUT2D eigenvalue weighted by atomic mass is 35.5. The van der Waals surface area contributed by atoms with E-state index >= 15 is 0 Å². The molecule has 0 saturated heterocycles. The Morgan fingerprint density at radius 1 is 1.20 bits per heavy atom. The van der Waals surface area contributed by atoms with Gasteiger partial charge >= 0.3 is 0 Å². The Balaban J connectivity index is 2.20. The highest BCUT2D eigenvalue weighted by molar-refractivity contribution is 6.35. The van der Waals surface area contributed by atoms with Crippen LogP contribution in [0.1, 0.15) is 37.3 Å². The SMILES string of the molecule is N[C@H](c1ccc(Cl)cc1Cl)C1CCCC1. The molecule has 1 aromatic carbocycles. The Hall–Kier alpha value is -0.240. The van der Waals surface area contributed by atoms with Crippen LogP contribution in [0.15, 0.2) is 18.2 Å². The highest BCUT2D eigenvalue weighted by Crippen LogP contribution is 2.37. The summed E-state index contributed by atoms with van der Waals surface area (Å²) in [5, 5.41) is 1.37. The first-order valence-electron chi connectivity index (χ1n) is 5.39. The summed E-state index contributed by atoms with van der Waals surface area (Å²) >= 11 is 12.0. The van der Waals surface area contributed by atoms with E-state index in [0.717, 1.165) is 5.56 Å². The van der Waals surface area contributed by atoms with Crippen molar-refractivity contribution in [2.45, 2.75) is 31.7 Å². The van der Waals surface area contributed by atoms with Gasteiger partial charge in [-0.15, -0.1) is 0 Å². The molecule has 3 heteroatoms. The quantitative estimate of drug-likeness (QED) is 0.829. The molecule has 1 aromatic rings. The van der Waals surface area contributed by atoms with Gasteiger partial charge in [0.15, 0.2) is 0 Å². The summed E-state index contributed by atoms with van der Waals surface area (Å²) in [4.78, 5) is 0. The van der Waals surface area contributed by atoms with Crippen LogP contribution in [0.25, 0.3) is 0 Å². The number of hydrogen-bond donors (Lipinski definition) is 1. The van der Waals surface area contributed by atoms with Crippen LogP contribution in [0, 0.1) is 5.92 Å². The normalized spacial score (nSPS) is 19.4. The number of hydrogen-bond acceptors (Lipinski definition) is 1. The third-order valence-corrected chi connectivity index (χ3v) is 3.79. The van der Waals surface area contributed by atoms with Gasteiger partial charge in [0.1, 0.15) is 0 Å². The van der Waals surface area contributed by atoms with Crippen molar-refractivity contribution >= 4 is 23.2 Å². The summed E-state index contributed by atoms with van der Waals surface area (Å²) in [6, 6.07) is 5.65. The van der Waals surface area contributed by atoms with Crippen molar-refractivity contribution in [2.75, 3.05) is 0 Å². The fourth-order valence-electron chi connectivity index (χ4n) is 2.34. The highest BCUT2D eigenvalue weighted by Gasteiger charge is 2.24. The van der Waals surface area contributed by atoms with Gasteiger partial charge in [0.05, 0.1) is 0 Å². The van der Waals surface area contributed by atoms with E-state index in [0.29, 0.717) is 16.0 Å². The van der Waals surface area contributed by atoms with E-state index in [9.17, 15) is 0 Å². The molecular formula is C12H15Cl2N. The summed E-state index contributed by atoms with van der Waals surface area (Å²) in [5.41, 5.74) is 7.26. The Bertz CT molecular complexity index is 345. The third kappa shape index (κ3) is 2.47. The zero-order valence-electron chi connectivity index (χ0n) is 8.55. The second kappa shape index (κ2) is 4.73. The second-order valence-corrected chi connectivity index (χ2v) is 5.08. The summed E-state index contributed by atoms with van der Waals surface area (Å²) in [6.07, 6.45) is 5.04. The average molecular weight is 244 g/mol. The lowest BCUT2D eigenvalue weighted by molar-refractivity contribution is 0.445. The van der Waals surface area contributed by atoms with Crippen molar-refractivity contribution in [3.63, 3.8) is 0 Å². The molecule has 0 bridgehead atoms. The van der Waals surface area contributed by atoms with Crippen molar-refractivity contribution < 1.29 is 0 Å². The van der Waals surface area contributed by atoms with Crippen LogP contribution in [0.5, 0.6) is 0 Å². The second-order valence-electron chi connectivity index (χ2n) is 4.24. The van der Waals surface area contributed by atoms with Gasteiger partial charge in [-0.2, -0.15) is 0 Å². The van der Waals surface area contributed by atoms with Crippen LogP contribution in [0.2, 0.25) is 10.0 Å². The standard InChI is InChI=1S/C12H15Cl2N/c13-9-5-6-10(11(14)7-9)12(15)8-3-1-2-4-8/h5-8,12H,1-4,15H2/t12-/m0/s1. The minimum Gasteiger partial charge on any atom is -0.324 e. The van der Waals surface area contributed by atoms with E-state index in [4.69, 9.17) is 28.9 Å². The molecule has 1 fully saturated rings. The number of halogens is 2. The van der Waals surface area contributed by atoms with E-state index < -0.39 is 0 Å². The van der Waals surface area contributed by atoms with Gasteiger partial charge in [0.2, 0.25) is 0 Å². The van der Waals surface area contributed by atoms with Gasteiger partial charge in [-0.05, 0) is 36.5 Å². The fourth-order valence-corrected chi connectivity index (χ4v) is 2.88. The maximum absolute atomic E-state index is 6.22. The van der Waals surface area contributed by atoms with Crippen molar-refractivity contribution in [1.82, 2.24) is 0 Å². The van der Waals surface area contributed by atoms with Gasteiger partial charge < -0.3 is 5.73 Å². The molecule has 0 amide bonds. The first-order chi connectivity index (χ1) is 7.18. The maximum Gasteiger partial charge on any atom is 0.0468 e. The molecule has 0 unspecified atom stereocenters. The molecule has 15 heavy (non-hydrogen) atoms. The lowest BCUT2D eigenvalue weighted by atomic mass is 9.92. The summed E-state index contributed by atoms with van der Waals surface area (Å²) in [5.74, 6) is 0.587. The van der Waals surface area contributed by atoms with Crippen LogP contribution in [0.4, 0.5) is 0 Å². The molecule has 1 atom stereocenters. The molecule has 2 N–H and O–H groups in total. The minimum atomic E-state index is 0.0669. The third-order valence-electron chi connectivity index (χ3n) is 3.23. The van der Waals surface area contributed by atoms with Crippen LogP contribution in [-0.2, 0) is 0 Å². The predicted octanol–water partition coefficient (Wildman–Crippen LogP) is 4.18. The predicted molar refractivity (Wildman–Crippen MR) is 65.3 cm³/mol. The number of nitrogens with two attached hydrogens (primary N) is 1. The summed E-state index contributed by atoms with van der Waals surface area (Å²) in [6.45, 7) is 0. The molecule has 0 radical (unpaired) electrons. The average Bonchev–Trinajstić information content (AvgIpc) is 2.69. The van der Waals surface area contributed by atoms with Crippen molar-refractivity contribution in [1.29, 1.82) is 0 Å². The Morgan fingerprint density at radius 3 is 2.47 bits per heavy atom. The lowest BCUT2D eigenvalue weighted by Gasteiger charge is -2.20. The zero-order valence-corrected chi connectivity index (χ0v) is 10.1. The molecule has 0 heterocycles.